The summed E-state index contributed by atoms with van der Waals surface area (Å²) in [7, 11) is 0. The molecule has 3 heterocycles. The second-order valence-corrected chi connectivity index (χ2v) is 6.90. The molecule has 2 atom stereocenters. The third-order valence-electron chi connectivity index (χ3n) is 5.41. The first-order valence-electron chi connectivity index (χ1n) is 8.74. The van der Waals surface area contributed by atoms with E-state index in [2.05, 4.69) is 27.3 Å². The fourth-order valence-corrected chi connectivity index (χ4v) is 3.99. The second kappa shape index (κ2) is 7.27. The zero-order valence-electron chi connectivity index (χ0n) is 13.6. The van der Waals surface area contributed by atoms with Crippen molar-refractivity contribution >= 4 is 5.91 Å². The van der Waals surface area contributed by atoms with E-state index in [1.54, 1.807) is 0 Å². The van der Waals surface area contributed by atoms with Crippen molar-refractivity contribution in [1.82, 2.24) is 20.4 Å². The number of amides is 1. The van der Waals surface area contributed by atoms with Gasteiger partial charge in [-0.3, -0.25) is 9.89 Å². The molecule has 1 aromatic heterocycles. The number of aromatic amines is 1. The number of hydrogen-bond acceptors (Lipinski definition) is 3. The minimum Gasteiger partial charge on any atom is -0.336 e. The molecule has 22 heavy (non-hydrogen) atoms. The first-order valence-corrected chi connectivity index (χ1v) is 8.74. The van der Waals surface area contributed by atoms with E-state index in [9.17, 15) is 4.79 Å². The summed E-state index contributed by atoms with van der Waals surface area (Å²) in [5.41, 5.74) is 1.16. The molecule has 0 bridgehead atoms. The third kappa shape index (κ3) is 3.51. The lowest BCUT2D eigenvalue weighted by atomic mass is 9.83. The molecule has 5 nitrogen and oxygen atoms in total. The largest absolute Gasteiger partial charge is 0.336 e. The summed E-state index contributed by atoms with van der Waals surface area (Å²) in [6.07, 6.45) is 10.3. The number of carbonyl (C=O) groups excluding carboxylic acids is 1. The molecule has 0 aromatic carbocycles. The van der Waals surface area contributed by atoms with Crippen LogP contribution in [-0.2, 0) is 4.79 Å². The molecule has 2 aliphatic heterocycles. The fraction of sp³-hybridized carbons (Fsp3) is 0.765. The molecular formula is C17H28N4O. The summed E-state index contributed by atoms with van der Waals surface area (Å²) >= 11 is 0. The van der Waals surface area contributed by atoms with Crippen LogP contribution in [0.2, 0.25) is 0 Å². The summed E-state index contributed by atoms with van der Waals surface area (Å²) in [4.78, 5) is 14.9. The number of likely N-dealkylation sites (tertiary alicyclic amines) is 1. The van der Waals surface area contributed by atoms with E-state index in [-0.39, 0.29) is 6.04 Å². The Labute approximate surface area is 132 Å². The molecule has 2 unspecified atom stereocenters. The topological polar surface area (TPSA) is 61.0 Å². The van der Waals surface area contributed by atoms with Crippen LogP contribution in [0.3, 0.4) is 0 Å². The first kappa shape index (κ1) is 15.5. The van der Waals surface area contributed by atoms with E-state index in [0.29, 0.717) is 24.2 Å². The van der Waals surface area contributed by atoms with Crippen LogP contribution in [0.25, 0.3) is 0 Å². The highest BCUT2D eigenvalue weighted by atomic mass is 16.2. The summed E-state index contributed by atoms with van der Waals surface area (Å²) in [5.74, 6) is 1.51. The van der Waals surface area contributed by atoms with Gasteiger partial charge in [-0.05, 0) is 57.0 Å². The monoisotopic (exact) mass is 304 g/mol. The third-order valence-corrected chi connectivity index (χ3v) is 5.41. The molecule has 0 saturated carbocycles. The van der Waals surface area contributed by atoms with Gasteiger partial charge in [0.2, 0.25) is 5.91 Å². The average Bonchev–Trinajstić information content (AvgIpc) is 3.10. The van der Waals surface area contributed by atoms with Gasteiger partial charge < -0.3 is 10.2 Å². The van der Waals surface area contributed by atoms with E-state index in [4.69, 9.17) is 0 Å². The molecule has 2 saturated heterocycles. The molecule has 0 aliphatic carbocycles. The first-order chi connectivity index (χ1) is 10.8. The maximum absolute atomic E-state index is 12.8. The number of carbonyl (C=O) groups is 1. The Bertz CT molecular complexity index is 467. The van der Waals surface area contributed by atoms with E-state index in [0.717, 1.165) is 38.0 Å². The van der Waals surface area contributed by atoms with Crippen LogP contribution < -0.4 is 5.32 Å². The summed E-state index contributed by atoms with van der Waals surface area (Å²) in [6.45, 7) is 5.35. The van der Waals surface area contributed by atoms with Gasteiger partial charge in [0.25, 0.3) is 0 Å². The number of H-pyrrole nitrogens is 1. The van der Waals surface area contributed by atoms with Gasteiger partial charge in [-0.1, -0.05) is 6.92 Å². The fourth-order valence-electron chi connectivity index (χ4n) is 3.99. The van der Waals surface area contributed by atoms with Crippen molar-refractivity contribution < 1.29 is 4.79 Å². The van der Waals surface area contributed by atoms with Gasteiger partial charge in [-0.2, -0.15) is 5.10 Å². The number of rotatable bonds is 4. The van der Waals surface area contributed by atoms with Crippen LogP contribution in [0, 0.1) is 11.8 Å². The van der Waals surface area contributed by atoms with Gasteiger partial charge in [-0.15, -0.1) is 0 Å². The van der Waals surface area contributed by atoms with Crippen LogP contribution in [0.1, 0.15) is 57.1 Å². The maximum atomic E-state index is 12.8. The molecule has 1 aromatic rings. The molecule has 5 heteroatoms. The zero-order valence-corrected chi connectivity index (χ0v) is 13.6. The molecule has 2 N–H and O–H groups in total. The Hall–Kier alpha value is -1.36. The van der Waals surface area contributed by atoms with Crippen LogP contribution in [-0.4, -0.2) is 40.6 Å². The normalized spacial score (nSPS) is 25.1. The molecule has 122 valence electrons. The smallest absolute Gasteiger partial charge is 0.223 e. The number of nitrogens with zero attached hydrogens (tertiary/aromatic N) is 2. The SMILES string of the molecule is CC(CC(=O)N1CCCCC1c1cn[nH]c1)C1CCNCC1. The molecule has 0 radical (unpaired) electrons. The van der Waals surface area contributed by atoms with Gasteiger partial charge in [-0.25, -0.2) is 0 Å². The lowest BCUT2D eigenvalue weighted by Gasteiger charge is -2.37. The van der Waals surface area contributed by atoms with E-state index < -0.39 is 0 Å². The number of piperidine rings is 2. The molecule has 2 aliphatic rings. The van der Waals surface area contributed by atoms with Crippen LogP contribution in [0.4, 0.5) is 0 Å². The minimum absolute atomic E-state index is 0.222. The van der Waals surface area contributed by atoms with Gasteiger partial charge in [0.1, 0.15) is 0 Å². The van der Waals surface area contributed by atoms with Crippen LogP contribution in [0.5, 0.6) is 0 Å². The van der Waals surface area contributed by atoms with Crippen molar-refractivity contribution in [3.8, 4) is 0 Å². The molecular weight excluding hydrogens is 276 g/mol. The van der Waals surface area contributed by atoms with E-state index in [1.807, 2.05) is 12.4 Å². The highest BCUT2D eigenvalue weighted by Crippen LogP contribution is 2.32. The van der Waals surface area contributed by atoms with Crippen LogP contribution >= 0.6 is 0 Å². The van der Waals surface area contributed by atoms with Crippen molar-refractivity contribution in [2.24, 2.45) is 11.8 Å². The molecule has 1 amide bonds. The number of nitrogens with one attached hydrogen (secondary N) is 2. The Morgan fingerprint density at radius 3 is 2.91 bits per heavy atom. The Balaban J connectivity index is 1.61. The van der Waals surface area contributed by atoms with Crippen molar-refractivity contribution in [1.29, 1.82) is 0 Å². The molecule has 0 spiro atoms. The van der Waals surface area contributed by atoms with Crippen molar-refractivity contribution in [2.45, 2.75) is 51.5 Å². The summed E-state index contributed by atoms with van der Waals surface area (Å²) < 4.78 is 0. The average molecular weight is 304 g/mol. The summed E-state index contributed by atoms with van der Waals surface area (Å²) in [6, 6.07) is 0.222. The van der Waals surface area contributed by atoms with Gasteiger partial charge in [0, 0.05) is 24.7 Å². The highest BCUT2D eigenvalue weighted by molar-refractivity contribution is 5.77. The van der Waals surface area contributed by atoms with Crippen molar-refractivity contribution in [2.75, 3.05) is 19.6 Å². The van der Waals surface area contributed by atoms with Gasteiger partial charge in [0.05, 0.1) is 12.2 Å². The minimum atomic E-state index is 0.222. The molecule has 2 fully saturated rings. The maximum Gasteiger partial charge on any atom is 0.223 e. The lowest BCUT2D eigenvalue weighted by Crippen LogP contribution is -2.40. The van der Waals surface area contributed by atoms with Crippen molar-refractivity contribution in [3.05, 3.63) is 18.0 Å². The second-order valence-electron chi connectivity index (χ2n) is 6.90. The highest BCUT2D eigenvalue weighted by Gasteiger charge is 2.30. The predicted octanol–water partition coefficient (Wildman–Crippen LogP) is 2.49. The Morgan fingerprint density at radius 2 is 2.18 bits per heavy atom. The standard InChI is InChI=1S/C17H28N4O/c1-13(14-5-7-18-8-6-14)10-17(22)21-9-3-2-4-16(21)15-11-19-20-12-15/h11-14,16,18H,2-10H2,1H3,(H,19,20). The van der Waals surface area contributed by atoms with Gasteiger partial charge >= 0.3 is 0 Å². The Morgan fingerprint density at radius 1 is 1.36 bits per heavy atom. The number of aromatic nitrogens is 2. The zero-order chi connectivity index (χ0) is 15.4. The quantitative estimate of drug-likeness (QED) is 0.898. The van der Waals surface area contributed by atoms with E-state index >= 15 is 0 Å². The van der Waals surface area contributed by atoms with Crippen LogP contribution in [0.15, 0.2) is 12.4 Å². The number of hydrogen-bond donors (Lipinski definition) is 2. The predicted molar refractivity (Wildman–Crippen MR) is 86.3 cm³/mol. The lowest BCUT2D eigenvalue weighted by molar-refractivity contribution is -0.136. The van der Waals surface area contributed by atoms with E-state index in [1.165, 1.54) is 19.3 Å². The van der Waals surface area contributed by atoms with Crippen molar-refractivity contribution in [3.63, 3.8) is 0 Å². The summed E-state index contributed by atoms with van der Waals surface area (Å²) in [5, 5.41) is 10.3. The Kier molecular flexibility index (Phi) is 5.13. The molecule has 3 rings (SSSR count). The van der Waals surface area contributed by atoms with Gasteiger partial charge in [0.15, 0.2) is 0 Å².